The summed E-state index contributed by atoms with van der Waals surface area (Å²) in [5.41, 5.74) is 6.22. The number of carbonyl (C=O) groups excluding carboxylic acids is 2. The molecule has 19 heavy (non-hydrogen) atoms. The summed E-state index contributed by atoms with van der Waals surface area (Å²) in [5.74, 6) is -0.00911. The molecule has 2 rings (SSSR count). The van der Waals surface area contributed by atoms with Crippen LogP contribution in [0.4, 0.5) is 5.13 Å². The van der Waals surface area contributed by atoms with Gasteiger partial charge in [-0.2, -0.15) is 0 Å². The van der Waals surface area contributed by atoms with Crippen molar-refractivity contribution in [2.75, 3.05) is 18.8 Å². The summed E-state index contributed by atoms with van der Waals surface area (Å²) in [5, 5.41) is 3.27. The van der Waals surface area contributed by atoms with E-state index in [1.54, 1.807) is 11.8 Å². The fourth-order valence-corrected chi connectivity index (χ4v) is 2.93. The van der Waals surface area contributed by atoms with Gasteiger partial charge in [0.2, 0.25) is 5.91 Å². The van der Waals surface area contributed by atoms with Crippen LogP contribution in [0.2, 0.25) is 0 Å². The van der Waals surface area contributed by atoms with Crippen molar-refractivity contribution < 1.29 is 9.59 Å². The van der Waals surface area contributed by atoms with Gasteiger partial charge in [0.1, 0.15) is 4.88 Å². The third-order valence-corrected chi connectivity index (χ3v) is 4.05. The van der Waals surface area contributed by atoms with Crippen LogP contribution >= 0.6 is 11.3 Å². The van der Waals surface area contributed by atoms with Crippen molar-refractivity contribution in [1.29, 1.82) is 0 Å². The number of thiazole rings is 1. The van der Waals surface area contributed by atoms with Crippen molar-refractivity contribution in [3.8, 4) is 0 Å². The molecule has 1 aliphatic rings. The molecule has 1 aliphatic heterocycles. The minimum atomic E-state index is -0.175. The first-order valence-electron chi connectivity index (χ1n) is 6.29. The summed E-state index contributed by atoms with van der Waals surface area (Å²) >= 11 is 1.18. The molecule has 7 heteroatoms. The number of carbonyl (C=O) groups is 2. The van der Waals surface area contributed by atoms with E-state index in [9.17, 15) is 9.59 Å². The summed E-state index contributed by atoms with van der Waals surface area (Å²) < 4.78 is 0. The molecule has 6 nitrogen and oxygen atoms in total. The van der Waals surface area contributed by atoms with Crippen molar-refractivity contribution in [3.63, 3.8) is 0 Å². The van der Waals surface area contributed by atoms with Gasteiger partial charge in [0.25, 0.3) is 5.91 Å². The third-order valence-electron chi connectivity index (χ3n) is 3.06. The van der Waals surface area contributed by atoms with Gasteiger partial charge < -0.3 is 16.0 Å². The van der Waals surface area contributed by atoms with E-state index in [-0.39, 0.29) is 17.9 Å². The lowest BCUT2D eigenvalue weighted by atomic mass is 10.3. The highest BCUT2D eigenvalue weighted by atomic mass is 32.1. The molecule has 2 heterocycles. The molecule has 1 unspecified atom stereocenters. The maximum Gasteiger partial charge on any atom is 0.263 e. The smallest absolute Gasteiger partial charge is 0.263 e. The number of nitrogen functional groups attached to an aromatic ring is 1. The number of rotatable bonds is 4. The Balaban J connectivity index is 1.91. The van der Waals surface area contributed by atoms with Gasteiger partial charge in [0.05, 0.1) is 5.69 Å². The van der Waals surface area contributed by atoms with Crippen molar-refractivity contribution >= 4 is 28.3 Å². The van der Waals surface area contributed by atoms with Gasteiger partial charge in [-0.25, -0.2) is 4.98 Å². The van der Waals surface area contributed by atoms with E-state index in [2.05, 4.69) is 10.3 Å². The van der Waals surface area contributed by atoms with Gasteiger partial charge in [-0.05, 0) is 20.3 Å². The number of nitrogens with two attached hydrogens (primary N) is 1. The Morgan fingerprint density at radius 1 is 1.63 bits per heavy atom. The number of nitrogens with zero attached hydrogens (tertiary/aromatic N) is 2. The molecule has 2 amide bonds. The van der Waals surface area contributed by atoms with Gasteiger partial charge in [0, 0.05) is 25.6 Å². The summed E-state index contributed by atoms with van der Waals surface area (Å²) in [6.07, 6.45) is 1.52. The molecule has 0 bridgehead atoms. The fraction of sp³-hybridized carbons (Fsp3) is 0.583. The van der Waals surface area contributed by atoms with Crippen LogP contribution in [0, 0.1) is 6.92 Å². The Morgan fingerprint density at radius 2 is 2.37 bits per heavy atom. The third kappa shape index (κ3) is 3.23. The Morgan fingerprint density at radius 3 is 2.89 bits per heavy atom. The normalized spacial score (nSPS) is 16.7. The lowest BCUT2D eigenvalue weighted by molar-refractivity contribution is -0.127. The molecule has 104 valence electrons. The highest BCUT2D eigenvalue weighted by molar-refractivity contribution is 7.17. The Hall–Kier alpha value is -1.63. The van der Waals surface area contributed by atoms with E-state index in [0.29, 0.717) is 28.7 Å². The largest absolute Gasteiger partial charge is 0.375 e. The molecular weight excluding hydrogens is 264 g/mol. The van der Waals surface area contributed by atoms with Crippen LogP contribution in [0.15, 0.2) is 0 Å². The lowest BCUT2D eigenvalue weighted by Crippen LogP contribution is -2.42. The predicted octanol–water partition coefficient (Wildman–Crippen LogP) is 0.774. The molecule has 1 atom stereocenters. The van der Waals surface area contributed by atoms with Crippen molar-refractivity contribution in [3.05, 3.63) is 10.6 Å². The van der Waals surface area contributed by atoms with Crippen LogP contribution in [0.1, 0.15) is 35.1 Å². The Labute approximate surface area is 116 Å². The van der Waals surface area contributed by atoms with Crippen LogP contribution in [0.25, 0.3) is 0 Å². The zero-order chi connectivity index (χ0) is 14.0. The summed E-state index contributed by atoms with van der Waals surface area (Å²) in [6.45, 7) is 4.99. The zero-order valence-corrected chi connectivity index (χ0v) is 11.9. The summed E-state index contributed by atoms with van der Waals surface area (Å²) in [7, 11) is 0. The van der Waals surface area contributed by atoms with Gasteiger partial charge in [-0.15, -0.1) is 0 Å². The molecule has 1 saturated heterocycles. The van der Waals surface area contributed by atoms with Gasteiger partial charge >= 0.3 is 0 Å². The van der Waals surface area contributed by atoms with E-state index in [1.807, 2.05) is 6.92 Å². The topological polar surface area (TPSA) is 88.3 Å². The Bertz CT molecular complexity index is 500. The van der Waals surface area contributed by atoms with Crippen LogP contribution in [0.3, 0.4) is 0 Å². The fourth-order valence-electron chi connectivity index (χ4n) is 2.19. The first-order valence-corrected chi connectivity index (χ1v) is 7.10. The summed E-state index contributed by atoms with van der Waals surface area (Å²) in [4.78, 5) is 29.9. The van der Waals surface area contributed by atoms with Gasteiger partial charge in [-0.1, -0.05) is 11.3 Å². The molecule has 3 N–H and O–H groups in total. The highest BCUT2D eigenvalue weighted by Crippen LogP contribution is 2.19. The first-order chi connectivity index (χ1) is 8.97. The number of hydrogen-bond acceptors (Lipinski definition) is 5. The highest BCUT2D eigenvalue weighted by Gasteiger charge is 2.23. The molecule has 0 aliphatic carbocycles. The molecule has 0 aromatic carbocycles. The SMILES string of the molecule is Cc1nc(N)sc1C(=O)NC(C)CN1CCCC1=O. The molecule has 1 aromatic rings. The minimum absolute atomic E-state index is 0.0859. The number of anilines is 1. The molecule has 0 radical (unpaired) electrons. The monoisotopic (exact) mass is 282 g/mol. The van der Waals surface area contributed by atoms with Crippen LogP contribution in [-0.4, -0.2) is 40.8 Å². The molecule has 0 spiro atoms. The van der Waals surface area contributed by atoms with Crippen molar-refractivity contribution in [2.24, 2.45) is 0 Å². The molecule has 0 saturated carbocycles. The van der Waals surface area contributed by atoms with Crippen LogP contribution < -0.4 is 11.1 Å². The predicted molar refractivity (Wildman–Crippen MR) is 74.0 cm³/mol. The van der Waals surface area contributed by atoms with E-state index in [1.165, 1.54) is 11.3 Å². The van der Waals surface area contributed by atoms with E-state index < -0.39 is 0 Å². The second-order valence-corrected chi connectivity index (χ2v) is 5.82. The van der Waals surface area contributed by atoms with E-state index >= 15 is 0 Å². The maximum atomic E-state index is 12.0. The van der Waals surface area contributed by atoms with Gasteiger partial charge in [-0.3, -0.25) is 9.59 Å². The van der Waals surface area contributed by atoms with E-state index in [4.69, 9.17) is 5.73 Å². The minimum Gasteiger partial charge on any atom is -0.375 e. The Kier molecular flexibility index (Phi) is 4.04. The number of amides is 2. The number of likely N-dealkylation sites (tertiary alicyclic amines) is 1. The molecular formula is C12H18N4O2S. The number of hydrogen-bond donors (Lipinski definition) is 2. The second-order valence-electron chi connectivity index (χ2n) is 4.78. The average molecular weight is 282 g/mol. The van der Waals surface area contributed by atoms with Crippen molar-refractivity contribution in [2.45, 2.75) is 32.7 Å². The van der Waals surface area contributed by atoms with E-state index in [0.717, 1.165) is 13.0 Å². The number of aromatic nitrogens is 1. The van der Waals surface area contributed by atoms with Crippen LogP contribution in [0.5, 0.6) is 0 Å². The average Bonchev–Trinajstić information content (AvgIpc) is 2.85. The van der Waals surface area contributed by atoms with Crippen molar-refractivity contribution in [1.82, 2.24) is 15.2 Å². The summed E-state index contributed by atoms with van der Waals surface area (Å²) in [6, 6.07) is -0.0859. The quantitative estimate of drug-likeness (QED) is 0.854. The van der Waals surface area contributed by atoms with Gasteiger partial charge in [0.15, 0.2) is 5.13 Å². The van der Waals surface area contributed by atoms with Crippen LogP contribution in [-0.2, 0) is 4.79 Å². The zero-order valence-electron chi connectivity index (χ0n) is 11.1. The first kappa shape index (κ1) is 13.8. The molecule has 1 fully saturated rings. The number of nitrogens with one attached hydrogen (secondary N) is 1. The standard InChI is InChI=1S/C12H18N4O2S/c1-7(6-16-5-3-4-9(16)17)14-11(18)10-8(2)15-12(13)19-10/h7H,3-6H2,1-2H3,(H2,13,15)(H,14,18). The lowest BCUT2D eigenvalue weighted by Gasteiger charge is -2.21. The molecule has 1 aromatic heterocycles. The second kappa shape index (κ2) is 5.56. The maximum absolute atomic E-state index is 12.0. The number of aryl methyl sites for hydroxylation is 1.